The standard InChI is InChI=1S/C17H19NO2/c19-16-7-3-6-15(16)17(20)18-11-12-8-9-13-4-1-2-5-14(13)10-12/h1-2,4-5,8-10,15-16,19H,3,6-7,11H2,(H,18,20). The minimum absolute atomic E-state index is 0.0249. The fourth-order valence-corrected chi connectivity index (χ4v) is 2.92. The molecule has 0 bridgehead atoms. The number of nitrogens with one attached hydrogen (secondary N) is 1. The van der Waals surface area contributed by atoms with Gasteiger partial charge in [-0.1, -0.05) is 36.4 Å². The molecule has 0 aliphatic heterocycles. The van der Waals surface area contributed by atoms with E-state index in [2.05, 4.69) is 29.6 Å². The molecule has 1 amide bonds. The molecule has 0 aromatic heterocycles. The first-order valence-electron chi connectivity index (χ1n) is 7.17. The maximum atomic E-state index is 12.0. The fraction of sp³-hybridized carbons (Fsp3) is 0.353. The summed E-state index contributed by atoms with van der Waals surface area (Å²) in [5.74, 6) is -0.251. The minimum Gasteiger partial charge on any atom is -0.392 e. The van der Waals surface area contributed by atoms with Crippen LogP contribution in [-0.2, 0) is 11.3 Å². The number of benzene rings is 2. The second kappa shape index (κ2) is 5.63. The highest BCUT2D eigenvalue weighted by molar-refractivity contribution is 5.83. The van der Waals surface area contributed by atoms with Crippen molar-refractivity contribution >= 4 is 16.7 Å². The monoisotopic (exact) mass is 269 g/mol. The quantitative estimate of drug-likeness (QED) is 0.900. The Morgan fingerprint density at radius 3 is 2.70 bits per heavy atom. The van der Waals surface area contributed by atoms with Crippen molar-refractivity contribution in [2.75, 3.05) is 0 Å². The van der Waals surface area contributed by atoms with Crippen molar-refractivity contribution in [2.24, 2.45) is 5.92 Å². The number of aliphatic hydroxyl groups excluding tert-OH is 1. The summed E-state index contributed by atoms with van der Waals surface area (Å²) in [6.45, 7) is 0.521. The van der Waals surface area contributed by atoms with Crippen LogP contribution < -0.4 is 5.32 Å². The van der Waals surface area contributed by atoms with Crippen LogP contribution in [-0.4, -0.2) is 17.1 Å². The molecule has 2 unspecified atom stereocenters. The highest BCUT2D eigenvalue weighted by atomic mass is 16.3. The third-order valence-electron chi connectivity index (χ3n) is 4.10. The summed E-state index contributed by atoms with van der Waals surface area (Å²) in [6.07, 6.45) is 2.01. The maximum absolute atomic E-state index is 12.0. The zero-order valence-corrected chi connectivity index (χ0v) is 11.4. The van der Waals surface area contributed by atoms with Crippen molar-refractivity contribution in [3.05, 3.63) is 48.0 Å². The molecule has 2 N–H and O–H groups in total. The van der Waals surface area contributed by atoms with E-state index in [0.29, 0.717) is 6.54 Å². The van der Waals surface area contributed by atoms with E-state index in [9.17, 15) is 9.90 Å². The van der Waals surface area contributed by atoms with Gasteiger partial charge in [0.05, 0.1) is 12.0 Å². The second-order valence-electron chi connectivity index (χ2n) is 5.50. The molecule has 0 spiro atoms. The number of carbonyl (C=O) groups is 1. The lowest BCUT2D eigenvalue weighted by Gasteiger charge is -2.14. The number of hydrogen-bond acceptors (Lipinski definition) is 2. The summed E-state index contributed by atoms with van der Waals surface area (Å²) in [4.78, 5) is 12.0. The van der Waals surface area contributed by atoms with Crippen LogP contribution in [0.15, 0.2) is 42.5 Å². The van der Waals surface area contributed by atoms with E-state index in [1.54, 1.807) is 0 Å². The number of aliphatic hydroxyl groups is 1. The molecule has 2 aromatic rings. The van der Waals surface area contributed by atoms with Crippen LogP contribution in [0.5, 0.6) is 0 Å². The van der Waals surface area contributed by atoms with Crippen LogP contribution in [0.25, 0.3) is 10.8 Å². The summed E-state index contributed by atoms with van der Waals surface area (Å²) in [6, 6.07) is 14.4. The van der Waals surface area contributed by atoms with Gasteiger partial charge in [-0.2, -0.15) is 0 Å². The van der Waals surface area contributed by atoms with Gasteiger partial charge in [0.1, 0.15) is 0 Å². The molecule has 1 fully saturated rings. The van der Waals surface area contributed by atoms with Crippen molar-refractivity contribution in [1.29, 1.82) is 0 Å². The fourth-order valence-electron chi connectivity index (χ4n) is 2.92. The average Bonchev–Trinajstić information content (AvgIpc) is 2.91. The molecule has 0 saturated heterocycles. The first kappa shape index (κ1) is 13.1. The molecule has 0 heterocycles. The summed E-state index contributed by atoms with van der Waals surface area (Å²) < 4.78 is 0. The van der Waals surface area contributed by atoms with Gasteiger partial charge in [0, 0.05) is 6.54 Å². The van der Waals surface area contributed by atoms with Gasteiger partial charge in [0.2, 0.25) is 5.91 Å². The Hall–Kier alpha value is -1.87. The van der Waals surface area contributed by atoms with Crippen LogP contribution in [0.1, 0.15) is 24.8 Å². The number of amides is 1. The summed E-state index contributed by atoms with van der Waals surface area (Å²) >= 11 is 0. The Kier molecular flexibility index (Phi) is 3.70. The molecule has 1 saturated carbocycles. The number of rotatable bonds is 3. The van der Waals surface area contributed by atoms with E-state index >= 15 is 0 Å². The van der Waals surface area contributed by atoms with Crippen molar-refractivity contribution in [3.63, 3.8) is 0 Å². The van der Waals surface area contributed by atoms with E-state index in [1.807, 2.05) is 18.2 Å². The first-order valence-corrected chi connectivity index (χ1v) is 7.17. The molecule has 3 rings (SSSR count). The Bertz CT molecular complexity index is 623. The second-order valence-corrected chi connectivity index (χ2v) is 5.50. The molecule has 1 aliphatic carbocycles. The molecule has 3 heteroatoms. The van der Waals surface area contributed by atoms with Gasteiger partial charge in [-0.3, -0.25) is 4.79 Å². The topological polar surface area (TPSA) is 49.3 Å². The van der Waals surface area contributed by atoms with Crippen molar-refractivity contribution in [2.45, 2.75) is 31.9 Å². The van der Waals surface area contributed by atoms with Crippen LogP contribution in [0.4, 0.5) is 0 Å². The number of carbonyl (C=O) groups excluding carboxylic acids is 1. The lowest BCUT2D eigenvalue weighted by molar-refractivity contribution is -0.127. The largest absolute Gasteiger partial charge is 0.392 e. The van der Waals surface area contributed by atoms with Gasteiger partial charge in [-0.05, 0) is 41.7 Å². The normalized spacial score (nSPS) is 22.1. The SMILES string of the molecule is O=C(NCc1ccc2ccccc2c1)C1CCCC1O. The smallest absolute Gasteiger partial charge is 0.225 e. The minimum atomic E-state index is -0.466. The zero-order valence-electron chi connectivity index (χ0n) is 11.4. The Morgan fingerprint density at radius 2 is 1.95 bits per heavy atom. The Labute approximate surface area is 118 Å². The highest BCUT2D eigenvalue weighted by Gasteiger charge is 2.31. The lowest BCUT2D eigenvalue weighted by Crippen LogP contribution is -2.34. The van der Waals surface area contributed by atoms with E-state index in [4.69, 9.17) is 0 Å². The molecule has 104 valence electrons. The molecule has 1 aliphatic rings. The average molecular weight is 269 g/mol. The summed E-state index contributed by atoms with van der Waals surface area (Å²) in [7, 11) is 0. The first-order chi connectivity index (χ1) is 9.74. The molecular formula is C17H19NO2. The molecular weight excluding hydrogens is 250 g/mol. The van der Waals surface area contributed by atoms with Crippen LogP contribution in [0, 0.1) is 5.92 Å². The van der Waals surface area contributed by atoms with E-state index in [0.717, 1.165) is 24.8 Å². The maximum Gasteiger partial charge on any atom is 0.225 e. The third kappa shape index (κ3) is 2.68. The third-order valence-corrected chi connectivity index (χ3v) is 4.10. The molecule has 20 heavy (non-hydrogen) atoms. The van der Waals surface area contributed by atoms with Crippen LogP contribution in [0.2, 0.25) is 0 Å². The highest BCUT2D eigenvalue weighted by Crippen LogP contribution is 2.25. The van der Waals surface area contributed by atoms with Gasteiger partial charge < -0.3 is 10.4 Å². The van der Waals surface area contributed by atoms with Gasteiger partial charge in [-0.25, -0.2) is 0 Å². The van der Waals surface area contributed by atoms with E-state index in [1.165, 1.54) is 10.8 Å². The lowest BCUT2D eigenvalue weighted by atomic mass is 10.0. The van der Waals surface area contributed by atoms with Gasteiger partial charge in [0.25, 0.3) is 0 Å². The molecule has 0 radical (unpaired) electrons. The predicted octanol–water partition coefficient (Wildman–Crippen LogP) is 2.62. The van der Waals surface area contributed by atoms with Crippen molar-refractivity contribution < 1.29 is 9.90 Å². The molecule has 2 aromatic carbocycles. The van der Waals surface area contributed by atoms with Gasteiger partial charge in [0.15, 0.2) is 0 Å². The summed E-state index contributed by atoms with van der Waals surface area (Å²) in [5.41, 5.74) is 1.09. The number of fused-ring (bicyclic) bond motifs is 1. The Morgan fingerprint density at radius 1 is 1.15 bits per heavy atom. The van der Waals surface area contributed by atoms with Crippen LogP contribution in [0.3, 0.4) is 0 Å². The number of hydrogen-bond donors (Lipinski definition) is 2. The van der Waals surface area contributed by atoms with Crippen molar-refractivity contribution in [3.8, 4) is 0 Å². The van der Waals surface area contributed by atoms with Gasteiger partial charge >= 0.3 is 0 Å². The molecule has 2 atom stereocenters. The van der Waals surface area contributed by atoms with Gasteiger partial charge in [-0.15, -0.1) is 0 Å². The van der Waals surface area contributed by atoms with Crippen LogP contribution >= 0.6 is 0 Å². The summed E-state index contributed by atoms with van der Waals surface area (Å²) in [5, 5.41) is 15.1. The zero-order chi connectivity index (χ0) is 13.9. The van der Waals surface area contributed by atoms with Crippen molar-refractivity contribution in [1.82, 2.24) is 5.32 Å². The van der Waals surface area contributed by atoms with E-state index in [-0.39, 0.29) is 11.8 Å². The predicted molar refractivity (Wildman–Crippen MR) is 79.1 cm³/mol. The Balaban J connectivity index is 1.66. The van der Waals surface area contributed by atoms with E-state index < -0.39 is 6.10 Å². The molecule has 3 nitrogen and oxygen atoms in total.